The first kappa shape index (κ1) is 10.2. The molecule has 0 amide bonds. The van der Waals surface area contributed by atoms with Gasteiger partial charge in [-0.1, -0.05) is 12.8 Å². The minimum absolute atomic E-state index is 0.181. The van der Waals surface area contributed by atoms with Crippen molar-refractivity contribution in [2.45, 2.75) is 38.4 Å². The molecule has 1 aromatic heterocycles. The number of rotatable bonds is 4. The fourth-order valence-corrected chi connectivity index (χ4v) is 1.82. The topological polar surface area (TPSA) is 59.7 Å². The van der Waals surface area contributed by atoms with Crippen LogP contribution in [0, 0.1) is 0 Å². The van der Waals surface area contributed by atoms with Crippen molar-refractivity contribution in [1.82, 2.24) is 0 Å². The van der Waals surface area contributed by atoms with Gasteiger partial charge in [0.2, 0.25) is 0 Å². The molecule has 0 bridgehead atoms. The summed E-state index contributed by atoms with van der Waals surface area (Å²) in [6.45, 7) is 0.373. The maximum Gasteiger partial charge on any atom is 0.338 e. The normalized spacial score (nSPS) is 17.1. The molecule has 1 aromatic rings. The van der Waals surface area contributed by atoms with Crippen LogP contribution in [0.2, 0.25) is 0 Å². The number of carbonyl (C=O) groups is 1. The number of ether oxygens (including phenoxy) is 1. The van der Waals surface area contributed by atoms with E-state index in [1.165, 1.54) is 25.2 Å². The van der Waals surface area contributed by atoms with Crippen molar-refractivity contribution in [3.8, 4) is 0 Å². The largest absolute Gasteiger partial charge is 0.478 e. The van der Waals surface area contributed by atoms with Gasteiger partial charge in [0.1, 0.15) is 18.6 Å². The molecule has 0 aliphatic heterocycles. The van der Waals surface area contributed by atoms with Crippen molar-refractivity contribution in [1.29, 1.82) is 0 Å². The van der Waals surface area contributed by atoms with E-state index in [1.807, 2.05) is 0 Å². The SMILES string of the molecule is O=C(O)c1coc(COC2CCCC2)c1. The Kier molecular flexibility index (Phi) is 3.06. The third kappa shape index (κ3) is 2.59. The second-order valence-corrected chi connectivity index (χ2v) is 3.82. The van der Waals surface area contributed by atoms with Crippen LogP contribution in [0.15, 0.2) is 16.7 Å². The second-order valence-electron chi connectivity index (χ2n) is 3.82. The molecule has 1 N–H and O–H groups in total. The molecule has 0 spiro atoms. The van der Waals surface area contributed by atoms with E-state index in [9.17, 15) is 4.79 Å². The lowest BCUT2D eigenvalue weighted by Crippen LogP contribution is -2.06. The molecule has 2 rings (SSSR count). The number of aromatic carboxylic acids is 1. The summed E-state index contributed by atoms with van der Waals surface area (Å²) in [5, 5.41) is 8.68. The first-order chi connectivity index (χ1) is 7.25. The van der Waals surface area contributed by atoms with Gasteiger partial charge in [0.25, 0.3) is 0 Å². The maximum atomic E-state index is 10.6. The summed E-state index contributed by atoms with van der Waals surface area (Å²) >= 11 is 0. The summed E-state index contributed by atoms with van der Waals surface area (Å²) in [4.78, 5) is 10.6. The summed E-state index contributed by atoms with van der Waals surface area (Å²) in [5.74, 6) is -0.384. The van der Waals surface area contributed by atoms with Crippen molar-refractivity contribution in [3.05, 3.63) is 23.7 Å². The van der Waals surface area contributed by atoms with Gasteiger partial charge in [0, 0.05) is 0 Å². The molecule has 1 fully saturated rings. The quantitative estimate of drug-likeness (QED) is 0.829. The third-order valence-electron chi connectivity index (χ3n) is 2.66. The predicted molar refractivity (Wildman–Crippen MR) is 52.7 cm³/mol. The van der Waals surface area contributed by atoms with Crippen LogP contribution in [-0.2, 0) is 11.3 Å². The Morgan fingerprint density at radius 1 is 1.53 bits per heavy atom. The number of carboxylic acids is 1. The van der Waals surface area contributed by atoms with Crippen LogP contribution in [0.25, 0.3) is 0 Å². The van der Waals surface area contributed by atoms with E-state index in [0.29, 0.717) is 18.5 Å². The minimum Gasteiger partial charge on any atom is -0.478 e. The molecule has 15 heavy (non-hydrogen) atoms. The van der Waals surface area contributed by atoms with E-state index < -0.39 is 5.97 Å². The van der Waals surface area contributed by atoms with E-state index in [-0.39, 0.29) is 5.56 Å². The summed E-state index contributed by atoms with van der Waals surface area (Å²) in [5.41, 5.74) is 0.181. The molecule has 0 atom stereocenters. The zero-order chi connectivity index (χ0) is 10.7. The zero-order valence-electron chi connectivity index (χ0n) is 8.44. The molecule has 1 heterocycles. The van der Waals surface area contributed by atoms with Gasteiger partial charge in [-0.05, 0) is 18.9 Å². The van der Waals surface area contributed by atoms with Crippen LogP contribution >= 0.6 is 0 Å². The zero-order valence-corrected chi connectivity index (χ0v) is 8.44. The predicted octanol–water partition coefficient (Wildman–Crippen LogP) is 2.44. The van der Waals surface area contributed by atoms with E-state index >= 15 is 0 Å². The molecule has 4 heteroatoms. The third-order valence-corrected chi connectivity index (χ3v) is 2.66. The Hall–Kier alpha value is -1.29. The monoisotopic (exact) mass is 210 g/mol. The fourth-order valence-electron chi connectivity index (χ4n) is 1.82. The summed E-state index contributed by atoms with van der Waals surface area (Å²) < 4.78 is 10.7. The highest BCUT2D eigenvalue weighted by atomic mass is 16.5. The number of carboxylic acid groups (broad SMARTS) is 1. The first-order valence-electron chi connectivity index (χ1n) is 5.18. The van der Waals surface area contributed by atoms with Gasteiger partial charge in [-0.3, -0.25) is 0 Å². The summed E-state index contributed by atoms with van der Waals surface area (Å²) in [6, 6.07) is 1.51. The van der Waals surface area contributed by atoms with Crippen molar-refractivity contribution >= 4 is 5.97 Å². The van der Waals surface area contributed by atoms with E-state index in [0.717, 1.165) is 12.8 Å². The summed E-state index contributed by atoms with van der Waals surface area (Å²) in [6.07, 6.45) is 6.23. The molecule has 4 nitrogen and oxygen atoms in total. The van der Waals surface area contributed by atoms with Gasteiger partial charge in [-0.15, -0.1) is 0 Å². The molecule has 0 unspecified atom stereocenters. The van der Waals surface area contributed by atoms with Crippen LogP contribution in [-0.4, -0.2) is 17.2 Å². The molecule has 0 aromatic carbocycles. The molecule has 1 aliphatic rings. The fraction of sp³-hybridized carbons (Fsp3) is 0.545. The first-order valence-corrected chi connectivity index (χ1v) is 5.18. The van der Waals surface area contributed by atoms with Crippen LogP contribution < -0.4 is 0 Å². The van der Waals surface area contributed by atoms with Crippen LogP contribution in [0.4, 0.5) is 0 Å². The van der Waals surface area contributed by atoms with Gasteiger partial charge in [-0.25, -0.2) is 4.79 Å². The van der Waals surface area contributed by atoms with Crippen LogP contribution in [0.3, 0.4) is 0 Å². The Bertz CT molecular complexity index is 336. The Balaban J connectivity index is 1.84. The van der Waals surface area contributed by atoms with Crippen molar-refractivity contribution < 1.29 is 19.1 Å². The second kappa shape index (κ2) is 4.49. The van der Waals surface area contributed by atoms with E-state index in [2.05, 4.69) is 0 Å². The van der Waals surface area contributed by atoms with E-state index in [4.69, 9.17) is 14.3 Å². The minimum atomic E-state index is -0.967. The molecule has 82 valence electrons. The van der Waals surface area contributed by atoms with E-state index in [1.54, 1.807) is 0 Å². The van der Waals surface area contributed by atoms with Crippen molar-refractivity contribution in [2.75, 3.05) is 0 Å². The Morgan fingerprint density at radius 2 is 2.27 bits per heavy atom. The molecule has 0 radical (unpaired) electrons. The average Bonchev–Trinajstić information content (AvgIpc) is 2.86. The van der Waals surface area contributed by atoms with Crippen LogP contribution in [0.5, 0.6) is 0 Å². The Labute approximate surface area is 87.8 Å². The molecule has 1 saturated carbocycles. The standard InChI is InChI=1S/C11H14O4/c12-11(13)8-5-10(14-6-8)7-15-9-3-1-2-4-9/h5-6,9H,1-4,7H2,(H,12,13). The van der Waals surface area contributed by atoms with Crippen LogP contribution in [0.1, 0.15) is 41.8 Å². The molecule has 0 saturated heterocycles. The van der Waals surface area contributed by atoms with Crippen molar-refractivity contribution in [3.63, 3.8) is 0 Å². The lowest BCUT2D eigenvalue weighted by atomic mass is 10.3. The Morgan fingerprint density at radius 3 is 2.87 bits per heavy atom. The maximum absolute atomic E-state index is 10.6. The lowest BCUT2D eigenvalue weighted by Gasteiger charge is -2.08. The van der Waals surface area contributed by atoms with Gasteiger partial charge in [0.05, 0.1) is 11.7 Å². The van der Waals surface area contributed by atoms with Gasteiger partial charge >= 0.3 is 5.97 Å². The highest BCUT2D eigenvalue weighted by Gasteiger charge is 2.16. The number of furan rings is 1. The highest BCUT2D eigenvalue weighted by Crippen LogP contribution is 2.22. The van der Waals surface area contributed by atoms with Gasteiger partial charge < -0.3 is 14.3 Å². The highest BCUT2D eigenvalue weighted by molar-refractivity contribution is 5.87. The number of hydrogen-bond acceptors (Lipinski definition) is 3. The summed E-state index contributed by atoms with van der Waals surface area (Å²) in [7, 11) is 0. The smallest absolute Gasteiger partial charge is 0.338 e. The lowest BCUT2D eigenvalue weighted by molar-refractivity contribution is 0.0357. The molecular weight excluding hydrogens is 196 g/mol. The molecule has 1 aliphatic carbocycles. The van der Waals surface area contributed by atoms with Gasteiger partial charge in [0.15, 0.2) is 0 Å². The molecular formula is C11H14O4. The van der Waals surface area contributed by atoms with Gasteiger partial charge in [-0.2, -0.15) is 0 Å². The van der Waals surface area contributed by atoms with Crippen molar-refractivity contribution in [2.24, 2.45) is 0 Å². The number of hydrogen-bond donors (Lipinski definition) is 1. The average molecular weight is 210 g/mol.